The van der Waals surface area contributed by atoms with Crippen LogP contribution in [0.4, 0.5) is 5.82 Å². The Bertz CT molecular complexity index is 592. The number of carbonyl (C=O) groups is 1. The number of nitrogens with one attached hydrogen (secondary N) is 2. The van der Waals surface area contributed by atoms with Gasteiger partial charge in [-0.2, -0.15) is 0 Å². The lowest BCUT2D eigenvalue weighted by atomic mass is 10.2. The summed E-state index contributed by atoms with van der Waals surface area (Å²) in [6.07, 6.45) is 0. The number of carbonyl (C=O) groups excluding carboxylic acids is 1. The normalized spacial score (nSPS) is 10.3. The zero-order chi connectivity index (χ0) is 13.8. The van der Waals surface area contributed by atoms with E-state index in [-0.39, 0.29) is 5.91 Å². The van der Waals surface area contributed by atoms with Gasteiger partial charge in [0.2, 0.25) is 0 Å². The molecule has 0 aliphatic rings. The number of aromatic nitrogens is 2. The lowest BCUT2D eigenvalue weighted by Gasteiger charge is -2.06. The maximum Gasteiger partial charge on any atom is 0.251 e. The van der Waals surface area contributed by atoms with Crippen molar-refractivity contribution in [2.45, 2.75) is 20.4 Å². The number of hydrogen-bond acceptors (Lipinski definition) is 5. The summed E-state index contributed by atoms with van der Waals surface area (Å²) < 4.78 is 4.94. The Kier molecular flexibility index (Phi) is 3.79. The maximum absolute atomic E-state index is 12.0. The van der Waals surface area contributed by atoms with Crippen LogP contribution in [-0.4, -0.2) is 23.1 Å². The van der Waals surface area contributed by atoms with Crippen molar-refractivity contribution >= 4 is 11.7 Å². The minimum atomic E-state index is -0.164. The van der Waals surface area contributed by atoms with E-state index in [4.69, 9.17) is 4.52 Å². The molecule has 0 aliphatic carbocycles. The number of pyridine rings is 1. The molecule has 0 unspecified atom stereocenters. The van der Waals surface area contributed by atoms with E-state index >= 15 is 0 Å². The summed E-state index contributed by atoms with van der Waals surface area (Å²) in [6.45, 7) is 3.99. The summed E-state index contributed by atoms with van der Waals surface area (Å²) in [6, 6.07) is 5.23. The Hall–Kier alpha value is -2.37. The van der Waals surface area contributed by atoms with E-state index in [1.165, 1.54) is 0 Å². The quantitative estimate of drug-likeness (QED) is 0.873. The molecule has 19 heavy (non-hydrogen) atoms. The molecule has 0 saturated heterocycles. The van der Waals surface area contributed by atoms with Crippen LogP contribution in [0.5, 0.6) is 0 Å². The summed E-state index contributed by atoms with van der Waals surface area (Å²) in [5.41, 5.74) is 2.05. The van der Waals surface area contributed by atoms with Gasteiger partial charge in [0.25, 0.3) is 5.91 Å². The van der Waals surface area contributed by atoms with Gasteiger partial charge < -0.3 is 15.2 Å². The van der Waals surface area contributed by atoms with Crippen molar-refractivity contribution in [2.75, 3.05) is 12.4 Å². The molecular weight excluding hydrogens is 244 g/mol. The van der Waals surface area contributed by atoms with Crippen LogP contribution in [0.3, 0.4) is 0 Å². The van der Waals surface area contributed by atoms with Crippen LogP contribution in [0.1, 0.15) is 27.5 Å². The van der Waals surface area contributed by atoms with E-state index in [0.29, 0.717) is 23.6 Å². The summed E-state index contributed by atoms with van der Waals surface area (Å²) >= 11 is 0. The Morgan fingerprint density at radius 1 is 1.32 bits per heavy atom. The van der Waals surface area contributed by atoms with Crippen LogP contribution < -0.4 is 10.6 Å². The van der Waals surface area contributed by atoms with Gasteiger partial charge in [0, 0.05) is 24.4 Å². The van der Waals surface area contributed by atoms with Crippen molar-refractivity contribution in [2.24, 2.45) is 0 Å². The van der Waals surface area contributed by atoms with E-state index in [2.05, 4.69) is 20.8 Å². The molecule has 0 spiro atoms. The zero-order valence-corrected chi connectivity index (χ0v) is 11.2. The Morgan fingerprint density at radius 2 is 2.11 bits per heavy atom. The molecule has 0 aromatic carbocycles. The third kappa shape index (κ3) is 3.31. The molecule has 6 nitrogen and oxygen atoms in total. The fourth-order valence-corrected chi connectivity index (χ4v) is 1.70. The third-order valence-corrected chi connectivity index (χ3v) is 2.58. The van der Waals surface area contributed by atoms with Crippen molar-refractivity contribution < 1.29 is 9.32 Å². The van der Waals surface area contributed by atoms with Crippen LogP contribution in [0.25, 0.3) is 0 Å². The van der Waals surface area contributed by atoms with Crippen molar-refractivity contribution in [1.82, 2.24) is 15.5 Å². The first-order valence-electron chi connectivity index (χ1n) is 5.95. The molecular formula is C13H16N4O2. The summed E-state index contributed by atoms with van der Waals surface area (Å²) in [7, 11) is 1.77. The molecule has 2 heterocycles. The second-order valence-corrected chi connectivity index (χ2v) is 4.24. The molecule has 0 radical (unpaired) electrons. The van der Waals surface area contributed by atoms with Crippen molar-refractivity contribution in [3.8, 4) is 0 Å². The minimum absolute atomic E-state index is 0.164. The fraction of sp³-hybridized carbons (Fsp3) is 0.308. The first kappa shape index (κ1) is 13.1. The highest BCUT2D eigenvalue weighted by atomic mass is 16.5. The van der Waals surface area contributed by atoms with Gasteiger partial charge >= 0.3 is 0 Å². The van der Waals surface area contributed by atoms with Gasteiger partial charge in [-0.15, -0.1) is 0 Å². The number of aryl methyl sites for hydroxylation is 2. The summed E-state index contributed by atoms with van der Waals surface area (Å²) in [4.78, 5) is 16.3. The molecule has 0 bridgehead atoms. The molecule has 2 N–H and O–H groups in total. The van der Waals surface area contributed by atoms with Gasteiger partial charge in [0.15, 0.2) is 0 Å². The number of nitrogens with zero attached hydrogens (tertiary/aromatic N) is 2. The zero-order valence-electron chi connectivity index (χ0n) is 11.2. The van der Waals surface area contributed by atoms with Crippen molar-refractivity contribution in [3.63, 3.8) is 0 Å². The number of rotatable bonds is 4. The maximum atomic E-state index is 12.0. The van der Waals surface area contributed by atoms with Gasteiger partial charge in [-0.25, -0.2) is 4.98 Å². The SMILES string of the molecule is CNc1cc(C(=O)NCc2cc(C)on2)cc(C)n1. The monoisotopic (exact) mass is 260 g/mol. The Labute approximate surface area is 111 Å². The van der Waals surface area contributed by atoms with Gasteiger partial charge in [0.1, 0.15) is 17.3 Å². The molecule has 2 aromatic rings. The van der Waals surface area contributed by atoms with E-state index < -0.39 is 0 Å². The highest BCUT2D eigenvalue weighted by Gasteiger charge is 2.09. The molecule has 2 rings (SSSR count). The van der Waals surface area contributed by atoms with Gasteiger partial charge in [-0.1, -0.05) is 5.16 Å². The first-order valence-corrected chi connectivity index (χ1v) is 5.95. The smallest absolute Gasteiger partial charge is 0.251 e. The molecule has 100 valence electrons. The molecule has 0 atom stereocenters. The highest BCUT2D eigenvalue weighted by molar-refractivity contribution is 5.94. The molecule has 0 fully saturated rings. The van der Waals surface area contributed by atoms with Gasteiger partial charge in [-0.3, -0.25) is 4.79 Å². The average molecular weight is 260 g/mol. The van der Waals surface area contributed by atoms with E-state index in [9.17, 15) is 4.79 Å². The number of hydrogen-bond donors (Lipinski definition) is 2. The standard InChI is InChI=1S/C13H16N4O2/c1-8-4-10(6-12(14-3)16-8)13(18)15-7-11-5-9(2)19-17-11/h4-6H,7H2,1-3H3,(H,14,16)(H,15,18). The fourth-order valence-electron chi connectivity index (χ4n) is 1.70. The molecule has 6 heteroatoms. The predicted molar refractivity (Wildman–Crippen MR) is 70.9 cm³/mol. The van der Waals surface area contributed by atoms with E-state index in [1.54, 1.807) is 25.2 Å². The summed E-state index contributed by atoms with van der Waals surface area (Å²) in [5, 5.41) is 9.53. The predicted octanol–water partition coefficient (Wildman–Crippen LogP) is 1.66. The lowest BCUT2D eigenvalue weighted by molar-refractivity contribution is 0.0950. The molecule has 2 aromatic heterocycles. The second kappa shape index (κ2) is 5.51. The van der Waals surface area contributed by atoms with Crippen LogP contribution in [0, 0.1) is 13.8 Å². The Morgan fingerprint density at radius 3 is 2.74 bits per heavy atom. The highest BCUT2D eigenvalue weighted by Crippen LogP contribution is 2.10. The first-order chi connectivity index (χ1) is 9.08. The summed E-state index contributed by atoms with van der Waals surface area (Å²) in [5.74, 6) is 1.23. The van der Waals surface area contributed by atoms with E-state index in [0.717, 1.165) is 11.5 Å². The van der Waals surface area contributed by atoms with E-state index in [1.807, 2.05) is 13.8 Å². The lowest BCUT2D eigenvalue weighted by Crippen LogP contribution is -2.23. The van der Waals surface area contributed by atoms with Crippen LogP contribution in [-0.2, 0) is 6.54 Å². The third-order valence-electron chi connectivity index (χ3n) is 2.58. The van der Waals surface area contributed by atoms with Crippen molar-refractivity contribution in [3.05, 3.63) is 40.9 Å². The van der Waals surface area contributed by atoms with Gasteiger partial charge in [-0.05, 0) is 26.0 Å². The van der Waals surface area contributed by atoms with Gasteiger partial charge in [0.05, 0.1) is 6.54 Å². The van der Waals surface area contributed by atoms with Crippen LogP contribution >= 0.6 is 0 Å². The molecule has 1 amide bonds. The number of anilines is 1. The average Bonchev–Trinajstić information content (AvgIpc) is 2.81. The largest absolute Gasteiger partial charge is 0.373 e. The number of amides is 1. The Balaban J connectivity index is 2.05. The van der Waals surface area contributed by atoms with Crippen LogP contribution in [0.2, 0.25) is 0 Å². The minimum Gasteiger partial charge on any atom is -0.373 e. The topological polar surface area (TPSA) is 80.0 Å². The molecule has 0 aliphatic heterocycles. The van der Waals surface area contributed by atoms with Crippen molar-refractivity contribution in [1.29, 1.82) is 0 Å². The second-order valence-electron chi connectivity index (χ2n) is 4.24. The van der Waals surface area contributed by atoms with Crippen LogP contribution in [0.15, 0.2) is 22.7 Å². The molecule has 0 saturated carbocycles.